The van der Waals surface area contributed by atoms with Crippen LogP contribution in [0.3, 0.4) is 0 Å². The number of hydrogen-bond acceptors (Lipinski definition) is 1. The van der Waals surface area contributed by atoms with Crippen LogP contribution in [-0.4, -0.2) is 13.1 Å². The molecular formula is C14H18ClN. The molecule has 0 atom stereocenters. The summed E-state index contributed by atoms with van der Waals surface area (Å²) in [5, 5.41) is 4.37. The van der Waals surface area contributed by atoms with Crippen molar-refractivity contribution < 1.29 is 0 Å². The predicted octanol–water partition coefficient (Wildman–Crippen LogP) is 3.30. The van der Waals surface area contributed by atoms with Gasteiger partial charge in [-0.15, -0.1) is 0 Å². The summed E-state index contributed by atoms with van der Waals surface area (Å²) < 4.78 is 0. The van der Waals surface area contributed by atoms with E-state index in [-0.39, 0.29) is 0 Å². The Kier molecular flexibility index (Phi) is 2.68. The average molecular weight is 236 g/mol. The lowest BCUT2D eigenvalue weighted by molar-refractivity contribution is 0.268. The first-order valence-corrected chi connectivity index (χ1v) is 6.68. The van der Waals surface area contributed by atoms with Crippen LogP contribution in [0.5, 0.6) is 0 Å². The van der Waals surface area contributed by atoms with Crippen LogP contribution >= 0.6 is 11.6 Å². The van der Waals surface area contributed by atoms with Crippen molar-refractivity contribution in [2.75, 3.05) is 13.1 Å². The van der Waals surface area contributed by atoms with Crippen LogP contribution in [0.2, 0.25) is 5.02 Å². The minimum Gasteiger partial charge on any atom is -0.317 e. The van der Waals surface area contributed by atoms with Gasteiger partial charge in [0.05, 0.1) is 0 Å². The lowest BCUT2D eigenvalue weighted by Crippen LogP contribution is -2.42. The molecule has 2 aliphatic rings. The van der Waals surface area contributed by atoms with Gasteiger partial charge in [0.1, 0.15) is 0 Å². The minimum absolute atomic E-state index is 0.434. The molecule has 1 aromatic carbocycles. The third-order valence-corrected chi connectivity index (χ3v) is 4.54. The van der Waals surface area contributed by atoms with Gasteiger partial charge in [-0.1, -0.05) is 17.7 Å². The molecule has 1 aliphatic heterocycles. The van der Waals surface area contributed by atoms with Crippen molar-refractivity contribution >= 4 is 11.6 Å². The molecule has 0 saturated carbocycles. The zero-order valence-electron chi connectivity index (χ0n) is 9.56. The highest BCUT2D eigenvalue weighted by Gasteiger charge is 2.37. The Morgan fingerprint density at radius 2 is 1.94 bits per heavy atom. The highest BCUT2D eigenvalue weighted by atomic mass is 35.5. The molecule has 2 heteroatoms. The number of piperidine rings is 1. The van der Waals surface area contributed by atoms with Gasteiger partial charge in [0, 0.05) is 5.02 Å². The molecule has 0 amide bonds. The Balaban J connectivity index is 2.06. The number of nitrogens with one attached hydrogen (secondary N) is 1. The SMILES string of the molecule is Clc1ccc2c(c1)C1(CCC2)CCNCC1. The van der Waals surface area contributed by atoms with E-state index in [4.69, 9.17) is 11.6 Å². The quantitative estimate of drug-likeness (QED) is 0.728. The van der Waals surface area contributed by atoms with Gasteiger partial charge in [-0.3, -0.25) is 0 Å². The highest BCUT2D eigenvalue weighted by molar-refractivity contribution is 6.30. The fourth-order valence-corrected chi connectivity index (χ4v) is 3.61. The van der Waals surface area contributed by atoms with Crippen molar-refractivity contribution in [3.8, 4) is 0 Å². The van der Waals surface area contributed by atoms with Crippen LogP contribution in [0.25, 0.3) is 0 Å². The van der Waals surface area contributed by atoms with E-state index in [1.54, 1.807) is 5.56 Å². The van der Waals surface area contributed by atoms with Gasteiger partial charge < -0.3 is 5.32 Å². The van der Waals surface area contributed by atoms with Crippen molar-refractivity contribution in [1.29, 1.82) is 0 Å². The van der Waals surface area contributed by atoms with E-state index >= 15 is 0 Å². The molecule has 1 saturated heterocycles. The second-order valence-electron chi connectivity index (χ2n) is 5.19. The number of hydrogen-bond donors (Lipinski definition) is 1. The zero-order valence-corrected chi connectivity index (χ0v) is 10.3. The van der Waals surface area contributed by atoms with Crippen LogP contribution in [0, 0.1) is 0 Å². The third-order valence-electron chi connectivity index (χ3n) is 4.31. The summed E-state index contributed by atoms with van der Waals surface area (Å²) in [6.07, 6.45) is 6.49. The largest absolute Gasteiger partial charge is 0.317 e. The zero-order chi connectivity index (χ0) is 11.0. The molecule has 0 unspecified atom stereocenters. The normalized spacial score (nSPS) is 23.1. The standard InChI is InChI=1S/C14H18ClN/c15-12-4-3-11-2-1-5-14(13(11)10-12)6-8-16-9-7-14/h3-4,10,16H,1-2,5-9H2. The van der Waals surface area contributed by atoms with Crippen LogP contribution in [0.4, 0.5) is 0 Å². The fraction of sp³-hybridized carbons (Fsp3) is 0.571. The van der Waals surface area contributed by atoms with Gasteiger partial charge in [0.25, 0.3) is 0 Å². The number of aryl methyl sites for hydroxylation is 1. The van der Waals surface area contributed by atoms with Gasteiger partial charge in [0.15, 0.2) is 0 Å². The Morgan fingerprint density at radius 1 is 1.12 bits per heavy atom. The summed E-state index contributed by atoms with van der Waals surface area (Å²) in [6.45, 7) is 2.32. The molecule has 1 N–H and O–H groups in total. The molecule has 1 nitrogen and oxygen atoms in total. The van der Waals surface area contributed by atoms with Gasteiger partial charge >= 0.3 is 0 Å². The molecule has 1 aliphatic carbocycles. The van der Waals surface area contributed by atoms with Crippen molar-refractivity contribution in [2.45, 2.75) is 37.5 Å². The molecular weight excluding hydrogens is 218 g/mol. The van der Waals surface area contributed by atoms with Crippen molar-refractivity contribution in [2.24, 2.45) is 0 Å². The smallest absolute Gasteiger partial charge is 0.0409 e. The van der Waals surface area contributed by atoms with E-state index in [0.717, 1.165) is 18.1 Å². The summed E-state index contributed by atoms with van der Waals surface area (Å²) in [4.78, 5) is 0. The molecule has 1 aromatic rings. The van der Waals surface area contributed by atoms with Gasteiger partial charge in [-0.2, -0.15) is 0 Å². The number of rotatable bonds is 0. The molecule has 86 valence electrons. The molecule has 1 fully saturated rings. The monoisotopic (exact) mass is 235 g/mol. The molecule has 0 aromatic heterocycles. The lowest BCUT2D eigenvalue weighted by Gasteiger charge is -2.42. The molecule has 16 heavy (non-hydrogen) atoms. The third kappa shape index (κ3) is 1.66. The van der Waals surface area contributed by atoms with Gasteiger partial charge in [-0.25, -0.2) is 0 Å². The molecule has 0 bridgehead atoms. The summed E-state index contributed by atoms with van der Waals surface area (Å²) in [5.41, 5.74) is 3.52. The predicted molar refractivity (Wildman–Crippen MR) is 68.2 cm³/mol. The lowest BCUT2D eigenvalue weighted by atomic mass is 9.65. The first-order valence-electron chi connectivity index (χ1n) is 6.30. The summed E-state index contributed by atoms with van der Waals surface area (Å²) >= 11 is 6.16. The van der Waals surface area contributed by atoms with Crippen molar-refractivity contribution in [3.63, 3.8) is 0 Å². The van der Waals surface area contributed by atoms with E-state index in [1.807, 2.05) is 6.07 Å². The maximum absolute atomic E-state index is 6.16. The van der Waals surface area contributed by atoms with Gasteiger partial charge in [0.2, 0.25) is 0 Å². The van der Waals surface area contributed by atoms with E-state index in [0.29, 0.717) is 5.41 Å². The number of halogens is 1. The Bertz CT molecular complexity index is 394. The second kappa shape index (κ2) is 4.05. The topological polar surface area (TPSA) is 12.0 Å². The van der Waals surface area contributed by atoms with Gasteiger partial charge in [-0.05, 0) is 73.9 Å². The van der Waals surface area contributed by atoms with E-state index in [9.17, 15) is 0 Å². The summed E-state index contributed by atoms with van der Waals surface area (Å²) in [7, 11) is 0. The summed E-state index contributed by atoms with van der Waals surface area (Å²) in [5.74, 6) is 0. The molecule has 3 rings (SSSR count). The van der Waals surface area contributed by atoms with Crippen LogP contribution in [0.1, 0.15) is 36.8 Å². The van der Waals surface area contributed by atoms with Crippen LogP contribution in [0.15, 0.2) is 18.2 Å². The van der Waals surface area contributed by atoms with Crippen molar-refractivity contribution in [3.05, 3.63) is 34.3 Å². The molecule has 0 radical (unpaired) electrons. The van der Waals surface area contributed by atoms with E-state index < -0.39 is 0 Å². The number of fused-ring (bicyclic) bond motifs is 2. The highest BCUT2D eigenvalue weighted by Crippen LogP contribution is 2.44. The van der Waals surface area contributed by atoms with E-state index in [2.05, 4.69) is 17.4 Å². The number of benzene rings is 1. The average Bonchev–Trinajstić information content (AvgIpc) is 2.32. The van der Waals surface area contributed by atoms with Crippen LogP contribution < -0.4 is 5.32 Å². The Hall–Kier alpha value is -0.530. The van der Waals surface area contributed by atoms with E-state index in [1.165, 1.54) is 37.7 Å². The molecule has 1 heterocycles. The fourth-order valence-electron chi connectivity index (χ4n) is 3.44. The van der Waals surface area contributed by atoms with Crippen molar-refractivity contribution in [1.82, 2.24) is 5.32 Å². The van der Waals surface area contributed by atoms with Crippen LogP contribution in [-0.2, 0) is 11.8 Å². The first kappa shape index (κ1) is 10.6. The minimum atomic E-state index is 0.434. The summed E-state index contributed by atoms with van der Waals surface area (Å²) in [6, 6.07) is 6.50. The maximum atomic E-state index is 6.16. The Labute approximate surface area is 102 Å². The Morgan fingerprint density at radius 3 is 2.75 bits per heavy atom. The second-order valence-corrected chi connectivity index (χ2v) is 5.62. The molecule has 1 spiro atoms. The maximum Gasteiger partial charge on any atom is 0.0409 e. The first-order chi connectivity index (χ1) is 7.80.